The molecule has 0 aromatic heterocycles. The van der Waals surface area contributed by atoms with Crippen molar-refractivity contribution in [3.05, 3.63) is 11.5 Å². The standard InChI is InChI=1S/C11H20OS/c1-2-3-4-5-8-12-10-11-7-6-9-13-11/h6,9,11H,2-5,7-8,10H2,1H3. The Morgan fingerprint density at radius 2 is 2.31 bits per heavy atom. The molecule has 0 spiro atoms. The van der Waals surface area contributed by atoms with Crippen molar-refractivity contribution in [2.24, 2.45) is 0 Å². The summed E-state index contributed by atoms with van der Waals surface area (Å²) in [5.41, 5.74) is 0. The molecule has 0 aliphatic carbocycles. The second kappa shape index (κ2) is 7.45. The molecule has 1 atom stereocenters. The van der Waals surface area contributed by atoms with Gasteiger partial charge in [-0.2, -0.15) is 0 Å². The normalized spacial score (nSPS) is 21.2. The molecule has 0 radical (unpaired) electrons. The zero-order valence-electron chi connectivity index (χ0n) is 8.50. The summed E-state index contributed by atoms with van der Waals surface area (Å²) in [7, 11) is 0. The van der Waals surface area contributed by atoms with Crippen LogP contribution in [-0.2, 0) is 4.74 Å². The fraction of sp³-hybridized carbons (Fsp3) is 0.818. The van der Waals surface area contributed by atoms with Crippen molar-refractivity contribution >= 4 is 11.8 Å². The maximum atomic E-state index is 5.60. The molecule has 1 aliphatic rings. The molecule has 1 aliphatic heterocycles. The first-order chi connectivity index (χ1) is 6.43. The van der Waals surface area contributed by atoms with E-state index in [-0.39, 0.29) is 0 Å². The SMILES string of the molecule is CCCCCCOCC1CC=CS1. The van der Waals surface area contributed by atoms with E-state index < -0.39 is 0 Å². The van der Waals surface area contributed by atoms with Crippen LogP contribution in [0.3, 0.4) is 0 Å². The van der Waals surface area contributed by atoms with Crippen molar-refractivity contribution < 1.29 is 4.74 Å². The third kappa shape index (κ3) is 5.37. The van der Waals surface area contributed by atoms with Gasteiger partial charge in [0.25, 0.3) is 0 Å². The molecule has 1 rings (SSSR count). The summed E-state index contributed by atoms with van der Waals surface area (Å²) in [5.74, 6) is 0. The van der Waals surface area contributed by atoms with Gasteiger partial charge >= 0.3 is 0 Å². The molecule has 0 amide bonds. The number of ether oxygens (including phenoxy) is 1. The summed E-state index contributed by atoms with van der Waals surface area (Å²) in [6.07, 6.45) is 8.64. The van der Waals surface area contributed by atoms with Crippen LogP contribution in [0.25, 0.3) is 0 Å². The van der Waals surface area contributed by atoms with Gasteiger partial charge in [0.05, 0.1) is 6.61 Å². The molecule has 1 unspecified atom stereocenters. The molecule has 0 aromatic rings. The largest absolute Gasteiger partial charge is 0.380 e. The first-order valence-electron chi connectivity index (χ1n) is 5.31. The van der Waals surface area contributed by atoms with Crippen LogP contribution in [0.15, 0.2) is 11.5 Å². The van der Waals surface area contributed by atoms with E-state index in [1.54, 1.807) is 0 Å². The van der Waals surface area contributed by atoms with E-state index in [4.69, 9.17) is 4.74 Å². The Morgan fingerprint density at radius 1 is 1.38 bits per heavy atom. The number of hydrogen-bond acceptors (Lipinski definition) is 2. The first kappa shape index (κ1) is 11.1. The molecule has 0 saturated carbocycles. The van der Waals surface area contributed by atoms with Crippen molar-refractivity contribution in [3.63, 3.8) is 0 Å². The second-order valence-corrected chi connectivity index (χ2v) is 4.71. The molecule has 0 bridgehead atoms. The van der Waals surface area contributed by atoms with Crippen molar-refractivity contribution in [2.75, 3.05) is 13.2 Å². The molecule has 1 heterocycles. The molecule has 1 nitrogen and oxygen atoms in total. The van der Waals surface area contributed by atoms with Gasteiger partial charge in [-0.05, 0) is 18.2 Å². The second-order valence-electron chi connectivity index (χ2n) is 3.50. The van der Waals surface area contributed by atoms with Crippen molar-refractivity contribution in [1.29, 1.82) is 0 Å². The number of unbranched alkanes of at least 4 members (excludes halogenated alkanes) is 3. The van der Waals surface area contributed by atoms with Gasteiger partial charge in [-0.25, -0.2) is 0 Å². The lowest BCUT2D eigenvalue weighted by molar-refractivity contribution is 0.132. The van der Waals surface area contributed by atoms with Crippen LogP contribution in [-0.4, -0.2) is 18.5 Å². The summed E-state index contributed by atoms with van der Waals surface area (Å²) >= 11 is 1.91. The highest BCUT2D eigenvalue weighted by molar-refractivity contribution is 8.03. The minimum atomic E-state index is 0.700. The number of thioether (sulfide) groups is 1. The summed E-state index contributed by atoms with van der Waals surface area (Å²) in [6.45, 7) is 4.13. The molecule has 2 heteroatoms. The number of allylic oxidation sites excluding steroid dienone is 1. The van der Waals surface area contributed by atoms with E-state index in [9.17, 15) is 0 Å². The smallest absolute Gasteiger partial charge is 0.0591 e. The van der Waals surface area contributed by atoms with E-state index in [0.29, 0.717) is 5.25 Å². The minimum Gasteiger partial charge on any atom is -0.380 e. The quantitative estimate of drug-likeness (QED) is 0.581. The van der Waals surface area contributed by atoms with Crippen LogP contribution in [0.1, 0.15) is 39.0 Å². The zero-order valence-corrected chi connectivity index (χ0v) is 9.31. The van der Waals surface area contributed by atoms with Crippen LogP contribution in [0.2, 0.25) is 0 Å². The highest BCUT2D eigenvalue weighted by atomic mass is 32.2. The van der Waals surface area contributed by atoms with Gasteiger partial charge in [0.1, 0.15) is 0 Å². The third-order valence-corrected chi connectivity index (χ3v) is 3.28. The van der Waals surface area contributed by atoms with Gasteiger partial charge in [0.2, 0.25) is 0 Å². The monoisotopic (exact) mass is 200 g/mol. The van der Waals surface area contributed by atoms with E-state index in [1.807, 2.05) is 11.8 Å². The average Bonchev–Trinajstić information content (AvgIpc) is 2.63. The van der Waals surface area contributed by atoms with Crippen molar-refractivity contribution in [3.8, 4) is 0 Å². The predicted molar refractivity (Wildman–Crippen MR) is 60.1 cm³/mol. The van der Waals surface area contributed by atoms with Gasteiger partial charge in [-0.1, -0.05) is 32.3 Å². The van der Waals surface area contributed by atoms with Crippen LogP contribution in [0.5, 0.6) is 0 Å². The summed E-state index contributed by atoms with van der Waals surface area (Å²) in [4.78, 5) is 0. The highest BCUT2D eigenvalue weighted by Crippen LogP contribution is 2.23. The molecular weight excluding hydrogens is 180 g/mol. The summed E-state index contributed by atoms with van der Waals surface area (Å²) < 4.78 is 5.60. The van der Waals surface area contributed by atoms with Crippen LogP contribution in [0.4, 0.5) is 0 Å². The molecule has 76 valence electrons. The molecule has 0 fully saturated rings. The van der Waals surface area contributed by atoms with Gasteiger partial charge < -0.3 is 4.74 Å². The third-order valence-electron chi connectivity index (χ3n) is 2.21. The fourth-order valence-electron chi connectivity index (χ4n) is 1.38. The van der Waals surface area contributed by atoms with Crippen LogP contribution >= 0.6 is 11.8 Å². The van der Waals surface area contributed by atoms with Gasteiger partial charge in [0.15, 0.2) is 0 Å². The molecular formula is C11H20OS. The zero-order chi connectivity index (χ0) is 9.36. The maximum Gasteiger partial charge on any atom is 0.0591 e. The maximum absolute atomic E-state index is 5.60. The Labute approximate surface area is 85.9 Å². The highest BCUT2D eigenvalue weighted by Gasteiger charge is 2.09. The Hall–Kier alpha value is 0.0500. The Kier molecular flexibility index (Phi) is 6.38. The van der Waals surface area contributed by atoms with E-state index in [1.165, 1.54) is 32.1 Å². The fourth-order valence-corrected chi connectivity index (χ4v) is 2.22. The number of hydrogen-bond donors (Lipinski definition) is 0. The molecule has 0 N–H and O–H groups in total. The first-order valence-corrected chi connectivity index (χ1v) is 6.26. The van der Waals surface area contributed by atoms with E-state index in [0.717, 1.165) is 13.2 Å². The molecule has 0 saturated heterocycles. The van der Waals surface area contributed by atoms with E-state index >= 15 is 0 Å². The minimum absolute atomic E-state index is 0.700. The van der Waals surface area contributed by atoms with Crippen LogP contribution in [0, 0.1) is 0 Å². The summed E-state index contributed by atoms with van der Waals surface area (Å²) in [5, 5.41) is 2.89. The topological polar surface area (TPSA) is 9.23 Å². The Bertz CT molecular complexity index is 137. The molecule has 0 aromatic carbocycles. The van der Waals surface area contributed by atoms with Gasteiger partial charge in [-0.3, -0.25) is 0 Å². The summed E-state index contributed by atoms with van der Waals surface area (Å²) in [6, 6.07) is 0. The lowest BCUT2D eigenvalue weighted by Crippen LogP contribution is -2.09. The lowest BCUT2D eigenvalue weighted by atomic mass is 10.2. The van der Waals surface area contributed by atoms with Crippen molar-refractivity contribution in [2.45, 2.75) is 44.3 Å². The van der Waals surface area contributed by atoms with Crippen molar-refractivity contribution in [1.82, 2.24) is 0 Å². The van der Waals surface area contributed by atoms with Gasteiger partial charge in [-0.15, -0.1) is 11.8 Å². The predicted octanol–water partition coefficient (Wildman–Crippen LogP) is 3.60. The van der Waals surface area contributed by atoms with Gasteiger partial charge in [0, 0.05) is 11.9 Å². The number of rotatable bonds is 7. The van der Waals surface area contributed by atoms with E-state index in [2.05, 4.69) is 18.4 Å². The average molecular weight is 200 g/mol. The van der Waals surface area contributed by atoms with Crippen LogP contribution < -0.4 is 0 Å². The lowest BCUT2D eigenvalue weighted by Gasteiger charge is -2.08. The Balaban J connectivity index is 1.78. The molecule has 13 heavy (non-hydrogen) atoms. The Morgan fingerprint density at radius 3 is 3.00 bits per heavy atom.